The molecule has 0 bridgehead atoms. The van der Waals surface area contributed by atoms with E-state index in [1.165, 1.54) is 11.3 Å². The monoisotopic (exact) mass is 480 g/mol. The summed E-state index contributed by atoms with van der Waals surface area (Å²) in [6.07, 6.45) is 2.05. The van der Waals surface area contributed by atoms with E-state index in [1.54, 1.807) is 38.1 Å². The number of ether oxygens (including phenoxy) is 3. The molecular formula is C25H24N2O4S2. The standard InChI is InChI=1S/C25H24N2O4S2/c1-29-21-15-19-23(16-22(21)30-2)33-25(27(19)13-14-32-3)26-24(28)18-11-7-8-12-20(18)31-17-9-5-4-6-10-17/h4-12,15-16H,13-14H2,1-3H3. The summed E-state index contributed by atoms with van der Waals surface area (Å²) >= 11 is 3.18. The van der Waals surface area contributed by atoms with Crippen LogP contribution >= 0.6 is 23.1 Å². The second kappa shape index (κ2) is 10.6. The Morgan fingerprint density at radius 2 is 1.67 bits per heavy atom. The average Bonchev–Trinajstić information content (AvgIpc) is 3.18. The number of aromatic nitrogens is 1. The van der Waals surface area contributed by atoms with Crippen molar-refractivity contribution in [1.29, 1.82) is 0 Å². The molecule has 0 radical (unpaired) electrons. The number of para-hydroxylation sites is 2. The van der Waals surface area contributed by atoms with Crippen molar-refractivity contribution in [2.75, 3.05) is 26.2 Å². The molecule has 0 atom stereocenters. The number of benzene rings is 3. The molecule has 0 saturated heterocycles. The van der Waals surface area contributed by atoms with Gasteiger partial charge in [-0.05, 0) is 30.5 Å². The molecule has 0 aliphatic rings. The summed E-state index contributed by atoms with van der Waals surface area (Å²) in [7, 11) is 3.22. The van der Waals surface area contributed by atoms with Crippen LogP contribution in [0.15, 0.2) is 71.7 Å². The van der Waals surface area contributed by atoms with E-state index >= 15 is 0 Å². The Kier molecular flexibility index (Phi) is 7.36. The number of fused-ring (bicyclic) bond motifs is 1. The number of hydrogen-bond acceptors (Lipinski definition) is 6. The Morgan fingerprint density at radius 3 is 2.39 bits per heavy atom. The Balaban J connectivity index is 1.79. The first kappa shape index (κ1) is 22.9. The maximum atomic E-state index is 13.3. The maximum absolute atomic E-state index is 13.3. The van der Waals surface area contributed by atoms with Gasteiger partial charge in [0, 0.05) is 24.4 Å². The predicted octanol–water partition coefficient (Wildman–Crippen LogP) is 5.62. The van der Waals surface area contributed by atoms with Gasteiger partial charge >= 0.3 is 0 Å². The van der Waals surface area contributed by atoms with Crippen molar-refractivity contribution in [3.63, 3.8) is 0 Å². The van der Waals surface area contributed by atoms with Crippen LogP contribution in [0.4, 0.5) is 0 Å². The molecule has 0 fully saturated rings. The van der Waals surface area contributed by atoms with E-state index in [0.717, 1.165) is 16.0 Å². The zero-order chi connectivity index (χ0) is 23.2. The van der Waals surface area contributed by atoms with Crippen molar-refractivity contribution < 1.29 is 19.0 Å². The van der Waals surface area contributed by atoms with E-state index in [-0.39, 0.29) is 5.91 Å². The first-order chi connectivity index (χ1) is 16.1. The van der Waals surface area contributed by atoms with E-state index in [2.05, 4.69) is 15.8 Å². The minimum Gasteiger partial charge on any atom is -0.493 e. The molecule has 8 heteroatoms. The lowest BCUT2D eigenvalue weighted by Gasteiger charge is -2.09. The maximum Gasteiger partial charge on any atom is 0.283 e. The highest BCUT2D eigenvalue weighted by Crippen LogP contribution is 2.33. The Labute approximate surface area is 200 Å². The fourth-order valence-electron chi connectivity index (χ4n) is 3.38. The zero-order valence-corrected chi connectivity index (χ0v) is 20.2. The van der Waals surface area contributed by atoms with Gasteiger partial charge in [-0.3, -0.25) is 4.79 Å². The molecule has 0 N–H and O–H groups in total. The number of amides is 1. The van der Waals surface area contributed by atoms with Crippen LogP contribution in [0, 0.1) is 0 Å². The van der Waals surface area contributed by atoms with Gasteiger partial charge in [-0.25, -0.2) is 0 Å². The highest BCUT2D eigenvalue weighted by atomic mass is 32.2. The Bertz CT molecular complexity index is 1330. The van der Waals surface area contributed by atoms with Crippen molar-refractivity contribution >= 4 is 39.2 Å². The van der Waals surface area contributed by atoms with Crippen molar-refractivity contribution in [3.05, 3.63) is 77.1 Å². The number of nitrogens with zero attached hydrogens (tertiary/aromatic N) is 2. The predicted molar refractivity (Wildman–Crippen MR) is 134 cm³/mol. The summed E-state index contributed by atoms with van der Waals surface area (Å²) in [5.74, 6) is 2.94. The number of thioether (sulfide) groups is 1. The summed E-state index contributed by atoms with van der Waals surface area (Å²) in [6, 6.07) is 20.4. The Hall–Kier alpha value is -3.23. The number of carbonyl (C=O) groups is 1. The van der Waals surface area contributed by atoms with Gasteiger partial charge in [0.15, 0.2) is 16.3 Å². The lowest BCUT2D eigenvalue weighted by Crippen LogP contribution is -2.18. The second-order valence-electron chi connectivity index (χ2n) is 7.03. The average molecular weight is 481 g/mol. The van der Waals surface area contributed by atoms with Gasteiger partial charge in [0.05, 0.1) is 30.0 Å². The molecule has 0 unspecified atom stereocenters. The topological polar surface area (TPSA) is 62.0 Å². The smallest absolute Gasteiger partial charge is 0.283 e. The number of methoxy groups -OCH3 is 2. The summed E-state index contributed by atoms with van der Waals surface area (Å²) in [4.78, 5) is 18.4. The van der Waals surface area contributed by atoms with Crippen LogP contribution in [0.1, 0.15) is 10.4 Å². The van der Waals surface area contributed by atoms with Crippen molar-refractivity contribution in [3.8, 4) is 23.0 Å². The molecule has 1 amide bonds. The van der Waals surface area contributed by atoms with Crippen LogP contribution in [0.3, 0.4) is 0 Å². The lowest BCUT2D eigenvalue weighted by atomic mass is 10.2. The van der Waals surface area contributed by atoms with E-state index < -0.39 is 0 Å². The molecule has 4 rings (SSSR count). The third-order valence-electron chi connectivity index (χ3n) is 4.99. The third kappa shape index (κ3) is 5.07. The molecular weight excluding hydrogens is 456 g/mol. The molecule has 1 aromatic heterocycles. The zero-order valence-electron chi connectivity index (χ0n) is 18.6. The van der Waals surface area contributed by atoms with Crippen LogP contribution in [-0.4, -0.2) is 36.7 Å². The van der Waals surface area contributed by atoms with Crippen molar-refractivity contribution in [2.24, 2.45) is 4.99 Å². The van der Waals surface area contributed by atoms with Crippen LogP contribution in [0.5, 0.6) is 23.0 Å². The lowest BCUT2D eigenvalue weighted by molar-refractivity contribution is 0.0995. The van der Waals surface area contributed by atoms with Crippen LogP contribution in [0.2, 0.25) is 0 Å². The highest BCUT2D eigenvalue weighted by molar-refractivity contribution is 7.98. The molecule has 0 spiro atoms. The molecule has 6 nitrogen and oxygen atoms in total. The summed E-state index contributed by atoms with van der Waals surface area (Å²) in [5.41, 5.74) is 1.36. The molecule has 4 aromatic rings. The minimum absolute atomic E-state index is 0.357. The second-order valence-corrected chi connectivity index (χ2v) is 9.03. The van der Waals surface area contributed by atoms with E-state index in [0.29, 0.717) is 39.9 Å². The fraction of sp³-hybridized carbons (Fsp3) is 0.200. The minimum atomic E-state index is -0.357. The molecule has 1 heterocycles. The van der Waals surface area contributed by atoms with E-state index in [4.69, 9.17) is 14.2 Å². The van der Waals surface area contributed by atoms with Crippen LogP contribution in [0.25, 0.3) is 10.2 Å². The molecule has 0 saturated carbocycles. The summed E-state index contributed by atoms with van der Waals surface area (Å²) in [6.45, 7) is 0.713. The molecule has 170 valence electrons. The van der Waals surface area contributed by atoms with Crippen LogP contribution in [-0.2, 0) is 6.54 Å². The van der Waals surface area contributed by atoms with Gasteiger partial charge in [0.2, 0.25) is 0 Å². The van der Waals surface area contributed by atoms with Crippen LogP contribution < -0.4 is 19.0 Å². The van der Waals surface area contributed by atoms with Crippen molar-refractivity contribution in [1.82, 2.24) is 4.57 Å². The first-order valence-corrected chi connectivity index (χ1v) is 12.5. The number of carbonyl (C=O) groups excluding carboxylic acids is 1. The first-order valence-electron chi connectivity index (χ1n) is 10.3. The van der Waals surface area contributed by atoms with Gasteiger partial charge in [-0.15, -0.1) is 0 Å². The van der Waals surface area contributed by atoms with Gasteiger partial charge in [0.1, 0.15) is 11.5 Å². The summed E-state index contributed by atoms with van der Waals surface area (Å²) in [5, 5.41) is 0. The van der Waals surface area contributed by atoms with E-state index in [9.17, 15) is 4.79 Å². The number of rotatable bonds is 8. The number of aryl methyl sites for hydroxylation is 1. The van der Waals surface area contributed by atoms with Gasteiger partial charge in [0.25, 0.3) is 5.91 Å². The normalized spacial score (nSPS) is 11.5. The quantitative estimate of drug-likeness (QED) is 0.328. The molecule has 0 aliphatic heterocycles. The number of hydrogen-bond donors (Lipinski definition) is 0. The van der Waals surface area contributed by atoms with Crippen molar-refractivity contribution in [2.45, 2.75) is 6.54 Å². The SMILES string of the molecule is COc1cc2sc(=NC(=O)c3ccccc3Oc3ccccc3)n(CCSC)c2cc1OC. The fourth-order valence-corrected chi connectivity index (χ4v) is 4.81. The molecule has 33 heavy (non-hydrogen) atoms. The van der Waals surface area contributed by atoms with Gasteiger partial charge in [-0.2, -0.15) is 16.8 Å². The van der Waals surface area contributed by atoms with E-state index in [1.807, 2.05) is 54.6 Å². The highest BCUT2D eigenvalue weighted by Gasteiger charge is 2.16. The molecule has 3 aromatic carbocycles. The third-order valence-corrected chi connectivity index (χ3v) is 6.62. The number of thiazole rings is 1. The Morgan fingerprint density at radius 1 is 0.970 bits per heavy atom. The van der Waals surface area contributed by atoms with Gasteiger partial charge in [-0.1, -0.05) is 41.7 Å². The van der Waals surface area contributed by atoms with Gasteiger partial charge < -0.3 is 18.8 Å². The largest absolute Gasteiger partial charge is 0.493 e. The molecule has 0 aliphatic carbocycles. The summed E-state index contributed by atoms with van der Waals surface area (Å²) < 4.78 is 19.9.